The van der Waals surface area contributed by atoms with Crippen molar-refractivity contribution in [1.82, 2.24) is 9.97 Å². The first-order chi connectivity index (χ1) is 6.28. The first-order valence-corrected chi connectivity index (χ1v) is 5.18. The highest BCUT2D eigenvalue weighted by Gasteiger charge is 2.22. The van der Waals surface area contributed by atoms with Crippen LogP contribution in [0.1, 0.15) is 31.3 Å². The van der Waals surface area contributed by atoms with Gasteiger partial charge in [-0.2, -0.15) is 0 Å². The van der Waals surface area contributed by atoms with Crippen LogP contribution >= 0.6 is 11.6 Å². The molecular weight excluding hydrogens is 184 g/mol. The van der Waals surface area contributed by atoms with Gasteiger partial charge >= 0.3 is 0 Å². The van der Waals surface area contributed by atoms with Gasteiger partial charge in [0.2, 0.25) is 0 Å². The molecule has 0 aliphatic heterocycles. The van der Waals surface area contributed by atoms with Crippen LogP contribution in [0, 0.1) is 5.92 Å². The number of hydrogen-bond donors (Lipinski definition) is 0. The Morgan fingerprint density at radius 3 is 2.85 bits per heavy atom. The zero-order chi connectivity index (χ0) is 9.26. The van der Waals surface area contributed by atoms with E-state index >= 15 is 0 Å². The monoisotopic (exact) mass is 196 g/mol. The molecule has 0 unspecified atom stereocenters. The van der Waals surface area contributed by atoms with Gasteiger partial charge in [-0.25, -0.2) is 9.97 Å². The summed E-state index contributed by atoms with van der Waals surface area (Å²) < 4.78 is 0. The van der Waals surface area contributed by atoms with Crippen LogP contribution in [0.4, 0.5) is 0 Å². The van der Waals surface area contributed by atoms with E-state index in [-0.39, 0.29) is 0 Å². The molecule has 13 heavy (non-hydrogen) atoms. The Kier molecular flexibility index (Phi) is 2.49. The van der Waals surface area contributed by atoms with Crippen LogP contribution in [0.2, 0.25) is 5.15 Å². The minimum atomic E-state index is 0.586. The predicted molar refractivity (Wildman–Crippen MR) is 52.8 cm³/mol. The van der Waals surface area contributed by atoms with E-state index in [1.807, 2.05) is 6.07 Å². The predicted octanol–water partition coefficient (Wildman–Crippen LogP) is 2.64. The molecule has 0 atom stereocenters. The minimum absolute atomic E-state index is 0.586. The van der Waals surface area contributed by atoms with Gasteiger partial charge in [-0.05, 0) is 31.2 Å². The summed E-state index contributed by atoms with van der Waals surface area (Å²) in [7, 11) is 0. The molecule has 0 spiro atoms. The molecular formula is C10H13ClN2. The van der Waals surface area contributed by atoms with E-state index in [1.165, 1.54) is 12.8 Å². The molecule has 0 amide bonds. The van der Waals surface area contributed by atoms with Gasteiger partial charge in [0, 0.05) is 12.1 Å². The summed E-state index contributed by atoms with van der Waals surface area (Å²) in [5, 5.41) is 0.586. The Hall–Kier alpha value is -0.630. The largest absolute Gasteiger partial charge is 0.238 e. The molecule has 0 N–H and O–H groups in total. The van der Waals surface area contributed by atoms with Gasteiger partial charge < -0.3 is 0 Å². The van der Waals surface area contributed by atoms with Crippen LogP contribution in [0.25, 0.3) is 0 Å². The Balaban J connectivity index is 2.17. The van der Waals surface area contributed by atoms with Crippen molar-refractivity contribution in [3.05, 3.63) is 22.7 Å². The lowest BCUT2D eigenvalue weighted by atomic mass is 10.2. The zero-order valence-electron chi connectivity index (χ0n) is 7.76. The number of aryl methyl sites for hydroxylation is 1. The van der Waals surface area contributed by atoms with Crippen LogP contribution in [0.5, 0.6) is 0 Å². The maximum Gasteiger partial charge on any atom is 0.133 e. The topological polar surface area (TPSA) is 25.8 Å². The highest BCUT2D eigenvalue weighted by molar-refractivity contribution is 6.29. The highest BCUT2D eigenvalue weighted by Crippen LogP contribution is 2.31. The van der Waals surface area contributed by atoms with Crippen molar-refractivity contribution in [2.75, 3.05) is 0 Å². The molecule has 0 saturated heterocycles. The van der Waals surface area contributed by atoms with Crippen molar-refractivity contribution >= 4 is 11.6 Å². The van der Waals surface area contributed by atoms with E-state index in [9.17, 15) is 0 Å². The summed E-state index contributed by atoms with van der Waals surface area (Å²) in [6.45, 7) is 2.08. The van der Waals surface area contributed by atoms with Crippen molar-refractivity contribution < 1.29 is 0 Å². The summed E-state index contributed by atoms with van der Waals surface area (Å²) in [4.78, 5) is 8.65. The fraction of sp³-hybridized carbons (Fsp3) is 0.600. The summed E-state index contributed by atoms with van der Waals surface area (Å²) in [6, 6.07) is 1.85. The lowest BCUT2D eigenvalue weighted by molar-refractivity contribution is 0.758. The Labute approximate surface area is 83.4 Å². The molecule has 3 heteroatoms. The smallest absolute Gasteiger partial charge is 0.133 e. The summed E-state index contributed by atoms with van der Waals surface area (Å²) in [6.07, 6.45) is 4.60. The van der Waals surface area contributed by atoms with Gasteiger partial charge in [-0.1, -0.05) is 18.5 Å². The first-order valence-electron chi connectivity index (χ1n) is 4.80. The molecule has 0 radical (unpaired) electrons. The fourth-order valence-corrected chi connectivity index (χ4v) is 1.59. The molecule has 1 aromatic heterocycles. The van der Waals surface area contributed by atoms with E-state index in [4.69, 9.17) is 11.6 Å². The van der Waals surface area contributed by atoms with Gasteiger partial charge in [0.1, 0.15) is 11.0 Å². The summed E-state index contributed by atoms with van der Waals surface area (Å²) >= 11 is 5.88. The van der Waals surface area contributed by atoms with Gasteiger partial charge in [0.25, 0.3) is 0 Å². The molecule has 2 rings (SSSR count). The molecule has 1 aliphatic rings. The van der Waals surface area contributed by atoms with Gasteiger partial charge in [-0.3, -0.25) is 0 Å². The van der Waals surface area contributed by atoms with Crippen LogP contribution in [-0.2, 0) is 12.8 Å². The second kappa shape index (κ2) is 3.62. The van der Waals surface area contributed by atoms with E-state index in [2.05, 4.69) is 16.9 Å². The standard InChI is InChI=1S/C10H13ClN2/c1-2-8-6-9(11)13-10(12-8)5-7-3-4-7/h6-7H,2-5H2,1H3. The Bertz CT molecular complexity index is 308. The van der Waals surface area contributed by atoms with Crippen LogP contribution < -0.4 is 0 Å². The zero-order valence-corrected chi connectivity index (χ0v) is 8.51. The van der Waals surface area contributed by atoms with Crippen LogP contribution in [0.3, 0.4) is 0 Å². The Morgan fingerprint density at radius 2 is 2.23 bits per heavy atom. The second-order valence-corrected chi connectivity index (χ2v) is 3.99. The first kappa shape index (κ1) is 8.95. The molecule has 0 bridgehead atoms. The van der Waals surface area contributed by atoms with Crippen molar-refractivity contribution in [1.29, 1.82) is 0 Å². The van der Waals surface area contributed by atoms with Gasteiger partial charge in [0.05, 0.1) is 0 Å². The molecule has 2 nitrogen and oxygen atoms in total. The average Bonchev–Trinajstić information content (AvgIpc) is 2.87. The molecule has 1 aliphatic carbocycles. The molecule has 1 aromatic rings. The number of aromatic nitrogens is 2. The van der Waals surface area contributed by atoms with Crippen LogP contribution in [-0.4, -0.2) is 9.97 Å². The third-order valence-electron chi connectivity index (χ3n) is 2.32. The number of rotatable bonds is 3. The minimum Gasteiger partial charge on any atom is -0.238 e. The summed E-state index contributed by atoms with van der Waals surface area (Å²) in [5.41, 5.74) is 1.05. The molecule has 70 valence electrons. The van der Waals surface area contributed by atoms with E-state index in [0.29, 0.717) is 5.15 Å². The van der Waals surface area contributed by atoms with E-state index < -0.39 is 0 Å². The molecule has 0 aromatic carbocycles. The van der Waals surface area contributed by atoms with Crippen molar-refractivity contribution in [2.24, 2.45) is 5.92 Å². The molecule has 1 fully saturated rings. The summed E-state index contributed by atoms with van der Waals surface area (Å²) in [5.74, 6) is 1.75. The lowest BCUT2D eigenvalue weighted by Crippen LogP contribution is -2.00. The van der Waals surface area contributed by atoms with Crippen molar-refractivity contribution in [2.45, 2.75) is 32.6 Å². The van der Waals surface area contributed by atoms with Crippen LogP contribution in [0.15, 0.2) is 6.07 Å². The maximum absolute atomic E-state index is 5.88. The third-order valence-corrected chi connectivity index (χ3v) is 2.52. The average molecular weight is 197 g/mol. The van der Waals surface area contributed by atoms with Gasteiger partial charge in [-0.15, -0.1) is 0 Å². The van der Waals surface area contributed by atoms with Crippen molar-refractivity contribution in [3.8, 4) is 0 Å². The number of halogens is 1. The van der Waals surface area contributed by atoms with E-state index in [0.717, 1.165) is 30.3 Å². The second-order valence-electron chi connectivity index (χ2n) is 3.60. The lowest BCUT2D eigenvalue weighted by Gasteiger charge is -2.01. The number of nitrogens with zero attached hydrogens (tertiary/aromatic N) is 2. The Morgan fingerprint density at radius 1 is 1.46 bits per heavy atom. The fourth-order valence-electron chi connectivity index (χ4n) is 1.37. The highest BCUT2D eigenvalue weighted by atomic mass is 35.5. The van der Waals surface area contributed by atoms with Gasteiger partial charge in [0.15, 0.2) is 0 Å². The molecule has 1 saturated carbocycles. The molecule has 1 heterocycles. The third kappa shape index (κ3) is 2.41. The maximum atomic E-state index is 5.88. The quantitative estimate of drug-likeness (QED) is 0.695. The normalized spacial score (nSPS) is 16.2. The SMILES string of the molecule is CCc1cc(Cl)nc(CC2CC2)n1. The van der Waals surface area contributed by atoms with E-state index in [1.54, 1.807) is 0 Å². The van der Waals surface area contributed by atoms with Crippen molar-refractivity contribution in [3.63, 3.8) is 0 Å². The number of hydrogen-bond acceptors (Lipinski definition) is 2.